The first kappa shape index (κ1) is 26.9. The number of aliphatic carboxylic acids is 1. The van der Waals surface area contributed by atoms with Crippen molar-refractivity contribution in [2.45, 2.75) is 111 Å². The van der Waals surface area contributed by atoms with Crippen LogP contribution in [0.1, 0.15) is 97.5 Å². The van der Waals surface area contributed by atoms with Gasteiger partial charge in [0, 0.05) is 5.92 Å². The van der Waals surface area contributed by atoms with Crippen molar-refractivity contribution in [3.05, 3.63) is 35.9 Å². The highest BCUT2D eigenvalue weighted by Crippen LogP contribution is 2.47. The van der Waals surface area contributed by atoms with Gasteiger partial charge in [-0.2, -0.15) is 0 Å². The predicted octanol–water partition coefficient (Wildman–Crippen LogP) is 7.55. The Balaban J connectivity index is 2.92. The van der Waals surface area contributed by atoms with Gasteiger partial charge in [-0.3, -0.25) is 0 Å². The number of carboxylic acids is 1. The molecule has 3 nitrogen and oxygen atoms in total. The summed E-state index contributed by atoms with van der Waals surface area (Å²) in [6.07, 6.45) is 12.3. The van der Waals surface area contributed by atoms with E-state index < -0.39 is 20.6 Å². The van der Waals surface area contributed by atoms with Gasteiger partial charge in [0.25, 0.3) is 0 Å². The Hall–Kier alpha value is -1.13. The van der Waals surface area contributed by atoms with Crippen LogP contribution in [0.5, 0.6) is 0 Å². The lowest BCUT2D eigenvalue weighted by Gasteiger charge is -2.45. The zero-order valence-corrected chi connectivity index (χ0v) is 21.5. The summed E-state index contributed by atoms with van der Waals surface area (Å²) in [5.41, 5.74) is -0.646. The Kier molecular flexibility index (Phi) is 11.9. The number of hydrogen-bond donors (Lipinski definition) is 1. The molecule has 0 heterocycles. The van der Waals surface area contributed by atoms with Crippen LogP contribution in [0.25, 0.3) is 0 Å². The van der Waals surface area contributed by atoms with Crippen LogP contribution < -0.4 is 0 Å². The largest absolute Gasteiger partial charge is 0.479 e. The smallest absolute Gasteiger partial charge is 0.339 e. The van der Waals surface area contributed by atoms with Gasteiger partial charge in [-0.15, -0.1) is 0 Å². The lowest BCUT2D eigenvalue weighted by Crippen LogP contribution is -2.52. The van der Waals surface area contributed by atoms with E-state index in [1.807, 2.05) is 30.3 Å². The van der Waals surface area contributed by atoms with E-state index in [-0.39, 0.29) is 11.3 Å². The molecule has 0 fully saturated rings. The highest BCUT2D eigenvalue weighted by molar-refractivity contribution is 6.48. The molecule has 1 aromatic carbocycles. The molecule has 0 amide bonds. The lowest BCUT2D eigenvalue weighted by molar-refractivity contribution is -0.169. The van der Waals surface area contributed by atoms with Crippen LogP contribution in [0.15, 0.2) is 30.3 Å². The van der Waals surface area contributed by atoms with Crippen molar-refractivity contribution in [1.82, 2.24) is 0 Å². The van der Waals surface area contributed by atoms with E-state index in [1.165, 1.54) is 51.4 Å². The minimum atomic E-state index is -1.60. The van der Waals surface area contributed by atoms with E-state index in [4.69, 9.17) is 4.43 Å². The average Bonchev–Trinajstić information content (AvgIpc) is 2.67. The second-order valence-electron chi connectivity index (χ2n) is 10.1. The topological polar surface area (TPSA) is 46.5 Å². The molecule has 0 aromatic heterocycles. The number of benzene rings is 1. The minimum absolute atomic E-state index is 0.0793. The van der Waals surface area contributed by atoms with Gasteiger partial charge in [-0.25, -0.2) is 4.79 Å². The van der Waals surface area contributed by atoms with Gasteiger partial charge in [-0.1, -0.05) is 116 Å². The first-order valence-electron chi connectivity index (χ1n) is 12.1. The third kappa shape index (κ3) is 8.18. The summed E-state index contributed by atoms with van der Waals surface area (Å²) in [7, 11) is -1.60. The fraction of sp³-hybridized carbons (Fsp3) is 0.731. The number of rotatable bonds is 15. The van der Waals surface area contributed by atoms with Gasteiger partial charge in [0.15, 0.2) is 14.6 Å². The third-order valence-corrected chi connectivity index (χ3v) is 6.92. The molecule has 1 aromatic rings. The number of unbranched alkanes of at least 4 members (excludes halogenated alkanes) is 8. The Morgan fingerprint density at radius 3 is 1.87 bits per heavy atom. The number of carboxylic acid groups (broad SMARTS) is 1. The molecule has 0 aliphatic carbocycles. The highest BCUT2D eigenvalue weighted by atomic mass is 28.3. The summed E-state index contributed by atoms with van der Waals surface area (Å²) in [6, 6.07) is 9.66. The molecule has 1 unspecified atom stereocenters. The van der Waals surface area contributed by atoms with Crippen LogP contribution in [-0.2, 0) is 14.8 Å². The SMILES string of the molecule is CCCCCCCCCCCC(C(C)(C)C)[C@](O[SiH](C)C)(C(=O)O)c1ccccc1. The maximum Gasteiger partial charge on any atom is 0.339 e. The number of carbonyl (C=O) groups is 1. The first-order valence-corrected chi connectivity index (χ1v) is 14.9. The number of hydrogen-bond acceptors (Lipinski definition) is 2. The molecular weight excluding hydrogens is 388 g/mol. The van der Waals surface area contributed by atoms with Crippen LogP contribution in [-0.4, -0.2) is 20.1 Å². The molecular formula is C26H46O3Si. The summed E-state index contributed by atoms with van der Waals surface area (Å²) in [5.74, 6) is -0.921. The molecule has 1 N–H and O–H groups in total. The fourth-order valence-corrected chi connectivity index (χ4v) is 5.78. The van der Waals surface area contributed by atoms with Crippen LogP contribution in [0.2, 0.25) is 13.1 Å². The fourth-order valence-electron chi connectivity index (χ4n) is 4.64. The standard InChI is InChI=1S/C26H46O3Si/c1-7-8-9-10-11-12-13-14-18-21-23(25(2,3)4)26(24(27)28,29-30(5)6)22-19-16-15-17-20-22/h15-17,19-20,23,30H,7-14,18,21H2,1-6H3,(H,27,28)/t23?,26-/m0/s1. The van der Waals surface area contributed by atoms with Crippen molar-refractivity contribution in [3.63, 3.8) is 0 Å². The van der Waals surface area contributed by atoms with Gasteiger partial charge in [-0.05, 0) is 30.5 Å². The molecule has 0 spiro atoms. The maximum atomic E-state index is 12.8. The van der Waals surface area contributed by atoms with E-state index in [9.17, 15) is 9.90 Å². The van der Waals surface area contributed by atoms with Crippen molar-refractivity contribution in [1.29, 1.82) is 0 Å². The molecule has 0 saturated heterocycles. The van der Waals surface area contributed by atoms with Gasteiger partial charge >= 0.3 is 5.97 Å². The molecule has 0 aliphatic heterocycles. The molecule has 0 radical (unpaired) electrons. The summed E-state index contributed by atoms with van der Waals surface area (Å²) in [5, 5.41) is 10.5. The molecule has 1 rings (SSSR count). The molecule has 4 heteroatoms. The first-order chi connectivity index (χ1) is 14.2. The van der Waals surface area contributed by atoms with Crippen LogP contribution in [0.4, 0.5) is 0 Å². The van der Waals surface area contributed by atoms with Crippen molar-refractivity contribution in [2.75, 3.05) is 0 Å². The average molecular weight is 435 g/mol. The molecule has 172 valence electrons. The van der Waals surface area contributed by atoms with Gasteiger partial charge in [0.1, 0.15) is 0 Å². The third-order valence-electron chi connectivity index (χ3n) is 6.07. The zero-order valence-electron chi connectivity index (χ0n) is 20.4. The summed E-state index contributed by atoms with van der Waals surface area (Å²) < 4.78 is 6.45. The van der Waals surface area contributed by atoms with Crippen molar-refractivity contribution in [3.8, 4) is 0 Å². The Labute approximate surface area is 187 Å². The molecule has 0 aliphatic rings. The molecule has 0 bridgehead atoms. The summed E-state index contributed by atoms with van der Waals surface area (Å²) >= 11 is 0. The lowest BCUT2D eigenvalue weighted by atomic mass is 9.65. The van der Waals surface area contributed by atoms with E-state index in [1.54, 1.807) is 0 Å². The van der Waals surface area contributed by atoms with E-state index in [2.05, 4.69) is 40.8 Å². The summed E-state index contributed by atoms with van der Waals surface area (Å²) in [4.78, 5) is 12.8. The predicted molar refractivity (Wildman–Crippen MR) is 131 cm³/mol. The van der Waals surface area contributed by atoms with Crippen LogP contribution in [0.3, 0.4) is 0 Å². The van der Waals surface area contributed by atoms with Crippen LogP contribution in [0, 0.1) is 11.3 Å². The van der Waals surface area contributed by atoms with E-state index in [0.29, 0.717) is 0 Å². The van der Waals surface area contributed by atoms with Gasteiger partial charge in [0.05, 0.1) is 0 Å². The normalized spacial score (nSPS) is 15.2. The minimum Gasteiger partial charge on any atom is -0.479 e. The van der Waals surface area contributed by atoms with Gasteiger partial charge < -0.3 is 9.53 Å². The highest BCUT2D eigenvalue weighted by Gasteiger charge is 2.52. The van der Waals surface area contributed by atoms with Crippen molar-refractivity contribution in [2.24, 2.45) is 11.3 Å². The van der Waals surface area contributed by atoms with Crippen molar-refractivity contribution >= 4 is 15.0 Å². The quantitative estimate of drug-likeness (QED) is 0.229. The van der Waals surface area contributed by atoms with Gasteiger partial charge in [0.2, 0.25) is 0 Å². The monoisotopic (exact) mass is 434 g/mol. The summed E-state index contributed by atoms with van der Waals surface area (Å²) in [6.45, 7) is 12.9. The van der Waals surface area contributed by atoms with Crippen LogP contribution >= 0.6 is 0 Å². The second kappa shape index (κ2) is 13.3. The van der Waals surface area contributed by atoms with Crippen molar-refractivity contribution < 1.29 is 14.3 Å². The second-order valence-corrected chi connectivity index (χ2v) is 12.4. The van der Waals surface area contributed by atoms with E-state index in [0.717, 1.165) is 18.4 Å². The molecule has 2 atom stereocenters. The Morgan fingerprint density at radius 2 is 1.43 bits per heavy atom. The Morgan fingerprint density at radius 1 is 0.933 bits per heavy atom. The zero-order chi connectivity index (χ0) is 22.6. The Bertz CT molecular complexity index is 594. The molecule has 30 heavy (non-hydrogen) atoms. The van der Waals surface area contributed by atoms with E-state index >= 15 is 0 Å². The molecule has 0 saturated carbocycles. The maximum absolute atomic E-state index is 12.8.